The maximum absolute atomic E-state index is 11.2. The predicted octanol–water partition coefficient (Wildman–Crippen LogP) is -0.517. The zero-order valence-corrected chi connectivity index (χ0v) is 8.05. The molecule has 0 aromatic carbocycles. The molecule has 76 valence electrons. The highest BCUT2D eigenvalue weighted by molar-refractivity contribution is 5.76. The van der Waals surface area contributed by atoms with Gasteiger partial charge in [-0.15, -0.1) is 0 Å². The SMILES string of the molecule is CC(O)CCNC(=O)CC1CNC1. The highest BCUT2D eigenvalue weighted by Crippen LogP contribution is 2.07. The summed E-state index contributed by atoms with van der Waals surface area (Å²) in [4.78, 5) is 11.2. The lowest BCUT2D eigenvalue weighted by Gasteiger charge is -2.26. The average Bonchev–Trinajstić information content (AvgIpc) is 1.96. The van der Waals surface area contributed by atoms with Crippen LogP contribution in [0.4, 0.5) is 0 Å². The van der Waals surface area contributed by atoms with E-state index in [-0.39, 0.29) is 12.0 Å². The third-order valence-corrected chi connectivity index (χ3v) is 2.22. The number of aliphatic hydroxyl groups is 1. The van der Waals surface area contributed by atoms with Crippen molar-refractivity contribution in [2.45, 2.75) is 25.9 Å². The monoisotopic (exact) mass is 186 g/mol. The van der Waals surface area contributed by atoms with E-state index in [1.54, 1.807) is 6.92 Å². The van der Waals surface area contributed by atoms with Crippen molar-refractivity contribution >= 4 is 5.91 Å². The minimum Gasteiger partial charge on any atom is -0.393 e. The summed E-state index contributed by atoms with van der Waals surface area (Å²) in [6.07, 6.45) is 0.923. The van der Waals surface area contributed by atoms with Crippen LogP contribution in [0.25, 0.3) is 0 Å². The lowest BCUT2D eigenvalue weighted by molar-refractivity contribution is -0.122. The van der Waals surface area contributed by atoms with Gasteiger partial charge >= 0.3 is 0 Å². The normalized spacial score (nSPS) is 19.2. The Kier molecular flexibility index (Phi) is 4.18. The Bertz CT molecular complexity index is 167. The largest absolute Gasteiger partial charge is 0.393 e. The molecule has 1 heterocycles. The molecule has 3 N–H and O–H groups in total. The van der Waals surface area contributed by atoms with Crippen molar-refractivity contribution in [1.29, 1.82) is 0 Å². The van der Waals surface area contributed by atoms with Gasteiger partial charge in [0.05, 0.1) is 6.10 Å². The summed E-state index contributed by atoms with van der Waals surface area (Å²) in [7, 11) is 0. The van der Waals surface area contributed by atoms with Gasteiger partial charge in [-0.3, -0.25) is 4.79 Å². The standard InChI is InChI=1S/C9H18N2O2/c1-7(12)2-3-11-9(13)4-8-5-10-6-8/h7-8,10,12H,2-6H2,1H3,(H,11,13). The minimum atomic E-state index is -0.328. The van der Waals surface area contributed by atoms with Crippen LogP contribution in [0.15, 0.2) is 0 Å². The van der Waals surface area contributed by atoms with E-state index in [9.17, 15) is 4.79 Å². The van der Waals surface area contributed by atoms with Crippen molar-refractivity contribution < 1.29 is 9.90 Å². The lowest BCUT2D eigenvalue weighted by Crippen LogP contribution is -2.44. The van der Waals surface area contributed by atoms with Crippen molar-refractivity contribution in [3.63, 3.8) is 0 Å². The second kappa shape index (κ2) is 5.19. The number of hydrogen-bond acceptors (Lipinski definition) is 3. The second-order valence-electron chi connectivity index (χ2n) is 3.72. The third kappa shape index (κ3) is 4.24. The van der Waals surface area contributed by atoms with E-state index >= 15 is 0 Å². The van der Waals surface area contributed by atoms with E-state index in [0.717, 1.165) is 13.1 Å². The molecule has 0 radical (unpaired) electrons. The molecule has 1 amide bonds. The first-order valence-corrected chi connectivity index (χ1v) is 4.84. The Morgan fingerprint density at radius 1 is 1.69 bits per heavy atom. The van der Waals surface area contributed by atoms with Gasteiger partial charge in [-0.2, -0.15) is 0 Å². The number of aliphatic hydroxyl groups excluding tert-OH is 1. The number of rotatable bonds is 5. The first-order valence-electron chi connectivity index (χ1n) is 4.84. The fourth-order valence-corrected chi connectivity index (χ4v) is 1.25. The van der Waals surface area contributed by atoms with Gasteiger partial charge in [0.1, 0.15) is 0 Å². The Morgan fingerprint density at radius 2 is 2.38 bits per heavy atom. The van der Waals surface area contributed by atoms with Gasteiger partial charge in [0.2, 0.25) is 5.91 Å². The Hall–Kier alpha value is -0.610. The number of hydrogen-bond donors (Lipinski definition) is 3. The van der Waals surface area contributed by atoms with E-state index < -0.39 is 0 Å². The van der Waals surface area contributed by atoms with Crippen LogP contribution in [-0.4, -0.2) is 36.8 Å². The molecule has 0 aromatic rings. The second-order valence-corrected chi connectivity index (χ2v) is 3.72. The molecule has 1 aliphatic rings. The smallest absolute Gasteiger partial charge is 0.220 e. The molecule has 0 saturated carbocycles. The molecule has 1 atom stereocenters. The van der Waals surface area contributed by atoms with Gasteiger partial charge in [-0.1, -0.05) is 0 Å². The molecule has 13 heavy (non-hydrogen) atoms. The summed E-state index contributed by atoms with van der Waals surface area (Å²) in [5.41, 5.74) is 0. The van der Waals surface area contributed by atoms with Gasteiger partial charge in [0.15, 0.2) is 0 Å². The Labute approximate surface area is 78.7 Å². The summed E-state index contributed by atoms with van der Waals surface area (Å²) in [6.45, 7) is 4.23. The summed E-state index contributed by atoms with van der Waals surface area (Å²) in [5, 5.41) is 14.9. The zero-order valence-electron chi connectivity index (χ0n) is 8.05. The molecule has 1 rings (SSSR count). The fraction of sp³-hybridized carbons (Fsp3) is 0.889. The summed E-state index contributed by atoms with van der Waals surface area (Å²) in [5.74, 6) is 0.624. The summed E-state index contributed by atoms with van der Waals surface area (Å²) in [6, 6.07) is 0. The topological polar surface area (TPSA) is 61.4 Å². The molecule has 1 fully saturated rings. The average molecular weight is 186 g/mol. The van der Waals surface area contributed by atoms with Crippen LogP contribution in [0, 0.1) is 5.92 Å². The van der Waals surface area contributed by atoms with Crippen molar-refractivity contribution in [2.24, 2.45) is 5.92 Å². The molecule has 4 nitrogen and oxygen atoms in total. The van der Waals surface area contributed by atoms with Crippen LogP contribution in [0.2, 0.25) is 0 Å². The minimum absolute atomic E-state index is 0.104. The molecule has 1 aliphatic heterocycles. The Balaban J connectivity index is 1.97. The maximum atomic E-state index is 11.2. The van der Waals surface area contributed by atoms with E-state index in [1.807, 2.05) is 0 Å². The first kappa shape index (κ1) is 10.5. The van der Waals surface area contributed by atoms with E-state index in [0.29, 0.717) is 25.3 Å². The Morgan fingerprint density at radius 3 is 2.85 bits per heavy atom. The third-order valence-electron chi connectivity index (χ3n) is 2.22. The highest BCUT2D eigenvalue weighted by Gasteiger charge is 2.19. The van der Waals surface area contributed by atoms with Gasteiger partial charge in [-0.05, 0) is 32.4 Å². The van der Waals surface area contributed by atoms with E-state index in [1.165, 1.54) is 0 Å². The molecular formula is C9H18N2O2. The number of carbonyl (C=O) groups excluding carboxylic acids is 1. The van der Waals surface area contributed by atoms with Crippen molar-refractivity contribution in [1.82, 2.24) is 10.6 Å². The number of amides is 1. The molecule has 0 bridgehead atoms. The van der Waals surface area contributed by atoms with Crippen molar-refractivity contribution in [2.75, 3.05) is 19.6 Å². The highest BCUT2D eigenvalue weighted by atomic mass is 16.3. The van der Waals surface area contributed by atoms with Gasteiger partial charge in [-0.25, -0.2) is 0 Å². The number of nitrogens with one attached hydrogen (secondary N) is 2. The molecular weight excluding hydrogens is 168 g/mol. The van der Waals surface area contributed by atoms with Crippen LogP contribution in [-0.2, 0) is 4.79 Å². The molecule has 1 unspecified atom stereocenters. The van der Waals surface area contributed by atoms with Crippen LogP contribution >= 0.6 is 0 Å². The molecule has 0 spiro atoms. The van der Waals surface area contributed by atoms with Crippen molar-refractivity contribution in [3.05, 3.63) is 0 Å². The van der Waals surface area contributed by atoms with Gasteiger partial charge < -0.3 is 15.7 Å². The predicted molar refractivity (Wildman–Crippen MR) is 50.3 cm³/mol. The van der Waals surface area contributed by atoms with E-state index in [4.69, 9.17) is 5.11 Å². The lowest BCUT2D eigenvalue weighted by atomic mass is 9.99. The zero-order chi connectivity index (χ0) is 9.68. The quantitative estimate of drug-likeness (QED) is 0.541. The number of carbonyl (C=O) groups is 1. The van der Waals surface area contributed by atoms with Crippen molar-refractivity contribution in [3.8, 4) is 0 Å². The fourth-order valence-electron chi connectivity index (χ4n) is 1.25. The molecule has 1 saturated heterocycles. The molecule has 0 aliphatic carbocycles. The summed E-state index contributed by atoms with van der Waals surface area (Å²) >= 11 is 0. The summed E-state index contributed by atoms with van der Waals surface area (Å²) < 4.78 is 0. The first-order chi connectivity index (χ1) is 6.18. The molecule has 0 aromatic heterocycles. The molecule has 4 heteroatoms. The maximum Gasteiger partial charge on any atom is 0.220 e. The van der Waals surface area contributed by atoms with E-state index in [2.05, 4.69) is 10.6 Å². The van der Waals surface area contributed by atoms with Gasteiger partial charge in [0.25, 0.3) is 0 Å². The van der Waals surface area contributed by atoms with Crippen LogP contribution in [0.5, 0.6) is 0 Å². The van der Waals surface area contributed by atoms with Crippen LogP contribution in [0.1, 0.15) is 19.8 Å². The van der Waals surface area contributed by atoms with Crippen LogP contribution < -0.4 is 10.6 Å². The van der Waals surface area contributed by atoms with Crippen LogP contribution in [0.3, 0.4) is 0 Å². The van der Waals surface area contributed by atoms with Gasteiger partial charge in [0, 0.05) is 13.0 Å².